The molecule has 0 fully saturated rings. The predicted molar refractivity (Wildman–Crippen MR) is 86.9 cm³/mol. The van der Waals surface area contributed by atoms with Gasteiger partial charge in [-0.15, -0.1) is 0 Å². The molecule has 0 atom stereocenters. The first-order valence-corrected chi connectivity index (χ1v) is 7.46. The SMILES string of the molecule is CCN(CC)c1nc(Cl)nc(NCc2ccc(C)cc2)n1. The van der Waals surface area contributed by atoms with Gasteiger partial charge >= 0.3 is 0 Å². The van der Waals surface area contributed by atoms with Crippen LogP contribution in [0.4, 0.5) is 11.9 Å². The van der Waals surface area contributed by atoms with Gasteiger partial charge in [0.25, 0.3) is 0 Å². The molecule has 0 aliphatic heterocycles. The Kier molecular flexibility index (Phi) is 5.33. The molecule has 1 heterocycles. The molecule has 6 heteroatoms. The monoisotopic (exact) mass is 305 g/mol. The maximum Gasteiger partial charge on any atom is 0.231 e. The van der Waals surface area contributed by atoms with Crippen LogP contribution in [0.5, 0.6) is 0 Å². The van der Waals surface area contributed by atoms with E-state index in [1.54, 1.807) is 0 Å². The Hall–Kier alpha value is -1.88. The molecule has 21 heavy (non-hydrogen) atoms. The van der Waals surface area contributed by atoms with Crippen molar-refractivity contribution in [3.63, 3.8) is 0 Å². The lowest BCUT2D eigenvalue weighted by Gasteiger charge is -2.18. The molecular weight excluding hydrogens is 286 g/mol. The van der Waals surface area contributed by atoms with Crippen LogP contribution < -0.4 is 10.2 Å². The summed E-state index contributed by atoms with van der Waals surface area (Å²) in [4.78, 5) is 14.7. The Morgan fingerprint density at radius 1 is 1.05 bits per heavy atom. The van der Waals surface area contributed by atoms with Crippen molar-refractivity contribution < 1.29 is 0 Å². The zero-order valence-corrected chi connectivity index (χ0v) is 13.4. The minimum Gasteiger partial charge on any atom is -0.350 e. The number of nitrogens with one attached hydrogen (secondary N) is 1. The highest BCUT2D eigenvalue weighted by molar-refractivity contribution is 6.28. The fraction of sp³-hybridized carbons (Fsp3) is 0.400. The van der Waals surface area contributed by atoms with E-state index in [2.05, 4.69) is 65.3 Å². The van der Waals surface area contributed by atoms with Crippen LogP contribution in [0.3, 0.4) is 0 Å². The number of aryl methyl sites for hydroxylation is 1. The summed E-state index contributed by atoms with van der Waals surface area (Å²) in [5.41, 5.74) is 2.41. The van der Waals surface area contributed by atoms with Crippen LogP contribution >= 0.6 is 11.6 Å². The number of hydrogen-bond acceptors (Lipinski definition) is 5. The molecule has 1 aromatic carbocycles. The molecule has 2 rings (SSSR count). The van der Waals surface area contributed by atoms with Crippen molar-refractivity contribution in [1.29, 1.82) is 0 Å². The molecular formula is C15H20ClN5. The lowest BCUT2D eigenvalue weighted by atomic mass is 10.1. The van der Waals surface area contributed by atoms with Crippen LogP contribution in [0.2, 0.25) is 5.28 Å². The van der Waals surface area contributed by atoms with Crippen molar-refractivity contribution >= 4 is 23.5 Å². The fourth-order valence-electron chi connectivity index (χ4n) is 1.95. The van der Waals surface area contributed by atoms with E-state index in [1.165, 1.54) is 11.1 Å². The molecule has 0 aliphatic carbocycles. The Labute approximate surface area is 130 Å². The minimum atomic E-state index is 0.207. The van der Waals surface area contributed by atoms with Crippen LogP contribution in [0.1, 0.15) is 25.0 Å². The zero-order chi connectivity index (χ0) is 15.2. The van der Waals surface area contributed by atoms with Gasteiger partial charge in [-0.25, -0.2) is 0 Å². The maximum absolute atomic E-state index is 5.98. The van der Waals surface area contributed by atoms with Crippen molar-refractivity contribution in [2.45, 2.75) is 27.3 Å². The van der Waals surface area contributed by atoms with Crippen LogP contribution in [-0.4, -0.2) is 28.0 Å². The summed E-state index contributed by atoms with van der Waals surface area (Å²) >= 11 is 5.98. The maximum atomic E-state index is 5.98. The van der Waals surface area contributed by atoms with Crippen molar-refractivity contribution in [3.05, 3.63) is 40.7 Å². The van der Waals surface area contributed by atoms with Crippen LogP contribution in [-0.2, 0) is 6.54 Å². The first-order valence-electron chi connectivity index (χ1n) is 7.08. The highest BCUT2D eigenvalue weighted by Crippen LogP contribution is 2.14. The van der Waals surface area contributed by atoms with Gasteiger partial charge in [-0.05, 0) is 37.9 Å². The third-order valence-electron chi connectivity index (χ3n) is 3.21. The second-order valence-electron chi connectivity index (χ2n) is 4.74. The summed E-state index contributed by atoms with van der Waals surface area (Å²) in [5.74, 6) is 1.10. The molecule has 0 bridgehead atoms. The molecule has 1 aromatic heterocycles. The third kappa shape index (κ3) is 4.29. The van der Waals surface area contributed by atoms with E-state index in [9.17, 15) is 0 Å². The van der Waals surface area contributed by atoms with E-state index >= 15 is 0 Å². The number of nitrogens with zero attached hydrogens (tertiary/aromatic N) is 4. The Morgan fingerprint density at radius 2 is 1.71 bits per heavy atom. The molecule has 0 unspecified atom stereocenters. The average molecular weight is 306 g/mol. The van der Waals surface area contributed by atoms with E-state index in [0.29, 0.717) is 18.4 Å². The molecule has 1 N–H and O–H groups in total. The van der Waals surface area contributed by atoms with Gasteiger partial charge in [0.1, 0.15) is 0 Å². The number of halogens is 1. The molecule has 0 spiro atoms. The van der Waals surface area contributed by atoms with Gasteiger partial charge in [0.05, 0.1) is 0 Å². The Balaban J connectivity index is 2.10. The molecule has 0 aliphatic rings. The van der Waals surface area contributed by atoms with Crippen molar-refractivity contribution in [3.8, 4) is 0 Å². The van der Waals surface area contributed by atoms with Crippen molar-refractivity contribution in [1.82, 2.24) is 15.0 Å². The quantitative estimate of drug-likeness (QED) is 0.887. The van der Waals surface area contributed by atoms with E-state index in [0.717, 1.165) is 13.1 Å². The van der Waals surface area contributed by atoms with Crippen LogP contribution in [0.25, 0.3) is 0 Å². The van der Waals surface area contributed by atoms with Crippen LogP contribution in [0.15, 0.2) is 24.3 Å². The van der Waals surface area contributed by atoms with Gasteiger partial charge in [0.2, 0.25) is 17.2 Å². The highest BCUT2D eigenvalue weighted by Gasteiger charge is 2.09. The topological polar surface area (TPSA) is 53.9 Å². The molecule has 2 aromatic rings. The van der Waals surface area contributed by atoms with Gasteiger partial charge in [-0.3, -0.25) is 0 Å². The van der Waals surface area contributed by atoms with E-state index in [1.807, 2.05) is 4.90 Å². The minimum absolute atomic E-state index is 0.207. The first-order chi connectivity index (χ1) is 10.1. The average Bonchev–Trinajstić information content (AvgIpc) is 2.47. The second-order valence-corrected chi connectivity index (χ2v) is 5.08. The second kappa shape index (κ2) is 7.22. The summed E-state index contributed by atoms with van der Waals surface area (Å²) in [6.45, 7) is 8.49. The Bertz CT molecular complexity index is 581. The third-order valence-corrected chi connectivity index (χ3v) is 3.38. The summed E-state index contributed by atoms with van der Waals surface area (Å²) < 4.78 is 0. The van der Waals surface area contributed by atoms with Gasteiger partial charge in [-0.2, -0.15) is 15.0 Å². The predicted octanol–water partition coefficient (Wildman–Crippen LogP) is 3.29. The molecule has 0 saturated carbocycles. The molecule has 0 amide bonds. The van der Waals surface area contributed by atoms with Gasteiger partial charge in [-0.1, -0.05) is 29.8 Å². The molecule has 112 valence electrons. The van der Waals surface area contributed by atoms with Crippen molar-refractivity contribution in [2.24, 2.45) is 0 Å². The fourth-order valence-corrected chi connectivity index (χ4v) is 2.11. The van der Waals surface area contributed by atoms with Gasteiger partial charge in [0.15, 0.2) is 0 Å². The normalized spacial score (nSPS) is 10.5. The molecule has 0 radical (unpaired) electrons. The summed E-state index contributed by atoms with van der Waals surface area (Å²) in [7, 11) is 0. The van der Waals surface area contributed by atoms with Crippen LogP contribution in [0, 0.1) is 6.92 Å². The summed E-state index contributed by atoms with van der Waals surface area (Å²) in [6.07, 6.45) is 0. The lowest BCUT2D eigenvalue weighted by Crippen LogP contribution is -2.25. The molecule has 0 saturated heterocycles. The number of hydrogen-bond donors (Lipinski definition) is 1. The van der Waals surface area contributed by atoms with Gasteiger partial charge in [0, 0.05) is 19.6 Å². The largest absolute Gasteiger partial charge is 0.350 e. The highest BCUT2D eigenvalue weighted by atomic mass is 35.5. The number of aromatic nitrogens is 3. The van der Waals surface area contributed by atoms with Crippen molar-refractivity contribution in [2.75, 3.05) is 23.3 Å². The first kappa shape index (κ1) is 15.5. The zero-order valence-electron chi connectivity index (χ0n) is 12.6. The van der Waals surface area contributed by atoms with E-state index < -0.39 is 0 Å². The number of rotatable bonds is 6. The van der Waals surface area contributed by atoms with Gasteiger partial charge < -0.3 is 10.2 Å². The van der Waals surface area contributed by atoms with E-state index in [-0.39, 0.29) is 5.28 Å². The Morgan fingerprint density at radius 3 is 2.33 bits per heavy atom. The molecule has 5 nitrogen and oxygen atoms in total. The summed E-state index contributed by atoms with van der Waals surface area (Å²) in [5, 5.41) is 3.40. The number of benzene rings is 1. The number of anilines is 2. The summed E-state index contributed by atoms with van der Waals surface area (Å²) in [6, 6.07) is 8.32. The van der Waals surface area contributed by atoms with E-state index in [4.69, 9.17) is 11.6 Å². The lowest BCUT2D eigenvalue weighted by molar-refractivity contribution is 0.811. The smallest absolute Gasteiger partial charge is 0.231 e. The standard InChI is InChI=1S/C15H20ClN5/c1-4-21(5-2)15-19-13(16)18-14(20-15)17-10-12-8-6-11(3)7-9-12/h6-9H,4-5,10H2,1-3H3,(H,17,18,19,20).